The monoisotopic (exact) mass is 332 g/mol. The van der Waals surface area contributed by atoms with Crippen LogP contribution in [-0.2, 0) is 16.1 Å². The smallest absolute Gasteiger partial charge is 0.326 e. The van der Waals surface area contributed by atoms with E-state index in [0.717, 1.165) is 29.8 Å². The molecular formula is C19H28N2O3. The van der Waals surface area contributed by atoms with Crippen LogP contribution in [0.25, 0.3) is 11.0 Å². The van der Waals surface area contributed by atoms with E-state index in [1.165, 1.54) is 19.3 Å². The number of nitrogens with zero attached hydrogens (tertiary/aromatic N) is 2. The highest BCUT2D eigenvalue weighted by Crippen LogP contribution is 2.21. The van der Waals surface area contributed by atoms with E-state index in [1.807, 2.05) is 39.0 Å². The van der Waals surface area contributed by atoms with Crippen LogP contribution in [0.3, 0.4) is 0 Å². The topological polar surface area (TPSA) is 53.4 Å². The summed E-state index contributed by atoms with van der Waals surface area (Å²) in [5, 5.41) is 0. The molecule has 0 unspecified atom stereocenters. The van der Waals surface area contributed by atoms with Crippen molar-refractivity contribution in [1.82, 2.24) is 9.55 Å². The standard InChI is InChI=1S/C19H28N2O3/c1-5-6-7-8-11-23-15-9-10-17-16(12-15)20-14-21(17)13-18(22)24-19(2,3)4/h9-10,12,14H,5-8,11,13H2,1-4H3. The van der Waals surface area contributed by atoms with Gasteiger partial charge in [0.2, 0.25) is 0 Å². The molecule has 5 heteroatoms. The van der Waals surface area contributed by atoms with Gasteiger partial charge in [-0.25, -0.2) is 4.98 Å². The van der Waals surface area contributed by atoms with Crippen LogP contribution in [0.1, 0.15) is 53.4 Å². The molecule has 2 rings (SSSR count). The summed E-state index contributed by atoms with van der Waals surface area (Å²) in [6, 6.07) is 5.78. The Labute approximate surface area is 144 Å². The first-order valence-electron chi connectivity index (χ1n) is 8.68. The number of hydrogen-bond acceptors (Lipinski definition) is 4. The summed E-state index contributed by atoms with van der Waals surface area (Å²) in [6.07, 6.45) is 6.40. The molecule has 0 bridgehead atoms. The fourth-order valence-corrected chi connectivity index (χ4v) is 2.49. The zero-order valence-corrected chi connectivity index (χ0v) is 15.2. The Hall–Kier alpha value is -2.04. The summed E-state index contributed by atoms with van der Waals surface area (Å²) < 4.78 is 12.9. The van der Waals surface area contributed by atoms with Crippen LogP contribution in [0.2, 0.25) is 0 Å². The van der Waals surface area contributed by atoms with E-state index in [-0.39, 0.29) is 12.5 Å². The minimum absolute atomic E-state index is 0.158. The van der Waals surface area contributed by atoms with Gasteiger partial charge in [-0.1, -0.05) is 26.2 Å². The summed E-state index contributed by atoms with van der Waals surface area (Å²) >= 11 is 0. The number of rotatable bonds is 8. The lowest BCUT2D eigenvalue weighted by Crippen LogP contribution is -2.26. The summed E-state index contributed by atoms with van der Waals surface area (Å²) in [6.45, 7) is 8.67. The van der Waals surface area contributed by atoms with E-state index in [9.17, 15) is 4.79 Å². The number of aromatic nitrogens is 2. The van der Waals surface area contributed by atoms with E-state index in [0.29, 0.717) is 0 Å². The van der Waals surface area contributed by atoms with Crippen LogP contribution in [-0.4, -0.2) is 27.7 Å². The van der Waals surface area contributed by atoms with Gasteiger partial charge in [0.05, 0.1) is 24.0 Å². The Bertz CT molecular complexity index is 671. The second-order valence-corrected chi connectivity index (χ2v) is 7.02. The van der Waals surface area contributed by atoms with Crippen LogP contribution in [0, 0.1) is 0 Å². The van der Waals surface area contributed by atoms with Crippen molar-refractivity contribution in [3.63, 3.8) is 0 Å². The van der Waals surface area contributed by atoms with Gasteiger partial charge in [0.15, 0.2) is 0 Å². The van der Waals surface area contributed by atoms with Crippen molar-refractivity contribution >= 4 is 17.0 Å². The molecule has 1 heterocycles. The Morgan fingerprint density at radius 3 is 2.71 bits per heavy atom. The molecule has 5 nitrogen and oxygen atoms in total. The molecule has 0 saturated heterocycles. The molecule has 1 aromatic heterocycles. The summed E-state index contributed by atoms with van der Waals surface area (Å²) in [7, 11) is 0. The fraction of sp³-hybridized carbons (Fsp3) is 0.579. The van der Waals surface area contributed by atoms with E-state index >= 15 is 0 Å². The van der Waals surface area contributed by atoms with Gasteiger partial charge in [-0.2, -0.15) is 0 Å². The highest BCUT2D eigenvalue weighted by molar-refractivity contribution is 5.79. The maximum absolute atomic E-state index is 12.0. The predicted molar refractivity (Wildman–Crippen MR) is 95.2 cm³/mol. The maximum atomic E-state index is 12.0. The lowest BCUT2D eigenvalue weighted by molar-refractivity contribution is -0.155. The van der Waals surface area contributed by atoms with E-state index < -0.39 is 5.60 Å². The normalized spacial score (nSPS) is 11.7. The van der Waals surface area contributed by atoms with Gasteiger partial charge < -0.3 is 14.0 Å². The van der Waals surface area contributed by atoms with Crippen LogP contribution < -0.4 is 4.74 Å². The van der Waals surface area contributed by atoms with E-state index in [1.54, 1.807) is 10.9 Å². The average Bonchev–Trinajstić information content (AvgIpc) is 2.87. The molecule has 0 atom stereocenters. The first-order chi connectivity index (χ1) is 11.4. The highest BCUT2D eigenvalue weighted by atomic mass is 16.6. The molecule has 24 heavy (non-hydrogen) atoms. The summed E-state index contributed by atoms with van der Waals surface area (Å²) in [4.78, 5) is 16.3. The van der Waals surface area contributed by atoms with Crippen LogP contribution >= 0.6 is 0 Å². The Morgan fingerprint density at radius 1 is 1.21 bits per heavy atom. The van der Waals surface area contributed by atoms with E-state index in [4.69, 9.17) is 9.47 Å². The lowest BCUT2D eigenvalue weighted by Gasteiger charge is -2.19. The van der Waals surface area contributed by atoms with Gasteiger partial charge in [-0.05, 0) is 39.3 Å². The van der Waals surface area contributed by atoms with Crippen LogP contribution in [0.5, 0.6) is 5.75 Å². The van der Waals surface area contributed by atoms with Gasteiger partial charge in [-0.3, -0.25) is 4.79 Å². The van der Waals surface area contributed by atoms with Crippen molar-refractivity contribution in [1.29, 1.82) is 0 Å². The number of fused-ring (bicyclic) bond motifs is 1. The number of benzene rings is 1. The molecule has 0 spiro atoms. The quantitative estimate of drug-likeness (QED) is 0.533. The molecule has 0 amide bonds. The number of esters is 1. The van der Waals surface area contributed by atoms with Gasteiger partial charge in [0, 0.05) is 6.07 Å². The summed E-state index contributed by atoms with van der Waals surface area (Å²) in [5.41, 5.74) is 1.25. The number of carbonyl (C=O) groups excluding carboxylic acids is 1. The third kappa shape index (κ3) is 5.55. The second kappa shape index (κ2) is 8.18. The third-order valence-electron chi connectivity index (χ3n) is 3.58. The molecule has 132 valence electrons. The van der Waals surface area contributed by atoms with Crippen molar-refractivity contribution in [3.05, 3.63) is 24.5 Å². The number of hydrogen-bond donors (Lipinski definition) is 0. The average molecular weight is 332 g/mol. The molecule has 0 aliphatic carbocycles. The molecule has 0 N–H and O–H groups in total. The Morgan fingerprint density at radius 2 is 2.00 bits per heavy atom. The van der Waals surface area contributed by atoms with Crippen molar-refractivity contribution in [2.75, 3.05) is 6.61 Å². The molecule has 0 fully saturated rings. The Kier molecular flexibility index (Phi) is 6.23. The first-order valence-corrected chi connectivity index (χ1v) is 8.68. The van der Waals surface area contributed by atoms with Gasteiger partial charge in [-0.15, -0.1) is 0 Å². The largest absolute Gasteiger partial charge is 0.494 e. The number of unbranched alkanes of at least 4 members (excludes halogenated alkanes) is 3. The predicted octanol–water partition coefficient (Wildman–Crippen LogP) is 4.34. The minimum Gasteiger partial charge on any atom is -0.494 e. The van der Waals surface area contributed by atoms with Gasteiger partial charge in [0.25, 0.3) is 0 Å². The number of carbonyl (C=O) groups is 1. The molecule has 0 saturated carbocycles. The third-order valence-corrected chi connectivity index (χ3v) is 3.58. The highest BCUT2D eigenvalue weighted by Gasteiger charge is 2.17. The molecule has 1 aromatic carbocycles. The zero-order chi connectivity index (χ0) is 17.6. The van der Waals surface area contributed by atoms with Crippen molar-refractivity contribution in [2.45, 2.75) is 65.5 Å². The summed E-state index contributed by atoms with van der Waals surface area (Å²) in [5.74, 6) is 0.555. The molecule has 0 aliphatic rings. The second-order valence-electron chi connectivity index (χ2n) is 7.02. The first kappa shape index (κ1) is 18.3. The van der Waals surface area contributed by atoms with Gasteiger partial charge in [0.1, 0.15) is 17.9 Å². The molecule has 0 radical (unpaired) electrons. The number of ether oxygens (including phenoxy) is 2. The minimum atomic E-state index is -0.480. The zero-order valence-electron chi connectivity index (χ0n) is 15.2. The van der Waals surface area contributed by atoms with Crippen molar-refractivity contribution in [2.24, 2.45) is 0 Å². The Balaban J connectivity index is 1.96. The van der Waals surface area contributed by atoms with Crippen molar-refractivity contribution < 1.29 is 14.3 Å². The van der Waals surface area contributed by atoms with Crippen LogP contribution in [0.15, 0.2) is 24.5 Å². The lowest BCUT2D eigenvalue weighted by atomic mass is 10.2. The SMILES string of the molecule is CCCCCCOc1ccc2c(c1)ncn2CC(=O)OC(C)(C)C. The van der Waals surface area contributed by atoms with Crippen LogP contribution in [0.4, 0.5) is 0 Å². The van der Waals surface area contributed by atoms with Gasteiger partial charge >= 0.3 is 5.97 Å². The molecule has 2 aromatic rings. The van der Waals surface area contributed by atoms with Crippen molar-refractivity contribution in [3.8, 4) is 5.75 Å². The molecule has 0 aliphatic heterocycles. The molecular weight excluding hydrogens is 304 g/mol. The fourth-order valence-electron chi connectivity index (χ4n) is 2.49. The maximum Gasteiger partial charge on any atom is 0.326 e. The number of imidazole rings is 1. The van der Waals surface area contributed by atoms with E-state index in [2.05, 4.69) is 11.9 Å².